The van der Waals surface area contributed by atoms with Crippen molar-refractivity contribution in [1.82, 2.24) is 10.6 Å². The zero-order valence-corrected chi connectivity index (χ0v) is 12.4. The Balaban J connectivity index is 2.25. The van der Waals surface area contributed by atoms with Crippen LogP contribution in [0.3, 0.4) is 0 Å². The zero-order chi connectivity index (χ0) is 14.3. The molecule has 2 atom stereocenters. The molecular formula is C14H28N2O3. The van der Waals surface area contributed by atoms with Gasteiger partial charge < -0.3 is 20.5 Å². The summed E-state index contributed by atoms with van der Waals surface area (Å²) in [5, 5.41) is 15.1. The van der Waals surface area contributed by atoms with Crippen LogP contribution < -0.4 is 10.6 Å². The summed E-state index contributed by atoms with van der Waals surface area (Å²) >= 11 is 0. The van der Waals surface area contributed by atoms with Gasteiger partial charge in [-0.15, -0.1) is 0 Å². The van der Waals surface area contributed by atoms with Crippen molar-refractivity contribution in [2.75, 3.05) is 19.7 Å². The fourth-order valence-corrected chi connectivity index (χ4v) is 2.45. The van der Waals surface area contributed by atoms with Gasteiger partial charge in [0.1, 0.15) is 5.60 Å². The van der Waals surface area contributed by atoms with Crippen LogP contribution in [0.25, 0.3) is 0 Å². The molecule has 0 aromatic carbocycles. The van der Waals surface area contributed by atoms with E-state index >= 15 is 0 Å². The van der Waals surface area contributed by atoms with Gasteiger partial charge in [0.05, 0.1) is 0 Å². The summed E-state index contributed by atoms with van der Waals surface area (Å²) < 4.78 is 5.23. The molecule has 1 amide bonds. The molecule has 0 bridgehead atoms. The third kappa shape index (κ3) is 6.78. The quantitative estimate of drug-likeness (QED) is 0.643. The van der Waals surface area contributed by atoms with Crippen LogP contribution in [0, 0.1) is 5.92 Å². The van der Waals surface area contributed by atoms with E-state index in [-0.39, 0.29) is 12.7 Å². The van der Waals surface area contributed by atoms with E-state index in [1.807, 2.05) is 20.8 Å². The van der Waals surface area contributed by atoms with Crippen molar-refractivity contribution < 1.29 is 14.6 Å². The van der Waals surface area contributed by atoms with Crippen molar-refractivity contribution in [3.05, 3.63) is 0 Å². The predicted octanol–water partition coefficient (Wildman–Crippen LogP) is 1.65. The van der Waals surface area contributed by atoms with Crippen LogP contribution in [-0.2, 0) is 4.74 Å². The average Bonchev–Trinajstić information content (AvgIpc) is 2.72. The van der Waals surface area contributed by atoms with Crippen LogP contribution >= 0.6 is 0 Å². The van der Waals surface area contributed by atoms with E-state index in [4.69, 9.17) is 9.84 Å². The first-order valence-electron chi connectivity index (χ1n) is 7.23. The molecule has 0 spiro atoms. The number of alkyl carbamates (subject to hydrolysis) is 1. The van der Waals surface area contributed by atoms with Crippen molar-refractivity contribution in [3.8, 4) is 0 Å². The highest BCUT2D eigenvalue weighted by Crippen LogP contribution is 2.25. The first-order valence-corrected chi connectivity index (χ1v) is 7.23. The summed E-state index contributed by atoms with van der Waals surface area (Å²) in [6, 6.07) is 0.446. The van der Waals surface area contributed by atoms with Gasteiger partial charge in [0.2, 0.25) is 0 Å². The SMILES string of the molecule is CC(C)(C)OC(=O)NCC1CCCC1NCCCO. The standard InChI is InChI=1S/C14H28N2O3/c1-14(2,3)19-13(18)16-10-11-6-4-7-12(11)15-8-5-9-17/h11-12,15,17H,4-10H2,1-3H3,(H,16,18). The van der Waals surface area contributed by atoms with Crippen molar-refractivity contribution in [1.29, 1.82) is 0 Å². The molecular weight excluding hydrogens is 244 g/mol. The Kier molecular flexibility index (Phi) is 6.58. The van der Waals surface area contributed by atoms with Gasteiger partial charge in [0, 0.05) is 19.2 Å². The fraction of sp³-hybridized carbons (Fsp3) is 0.929. The van der Waals surface area contributed by atoms with E-state index < -0.39 is 5.60 Å². The van der Waals surface area contributed by atoms with Gasteiger partial charge in [-0.1, -0.05) is 6.42 Å². The van der Waals surface area contributed by atoms with Gasteiger partial charge in [-0.2, -0.15) is 0 Å². The molecule has 1 saturated carbocycles. The number of aliphatic hydroxyl groups excluding tert-OH is 1. The Morgan fingerprint density at radius 3 is 2.74 bits per heavy atom. The number of ether oxygens (including phenoxy) is 1. The third-order valence-corrected chi connectivity index (χ3v) is 3.31. The Bertz CT molecular complexity index is 276. The van der Waals surface area contributed by atoms with E-state index in [9.17, 15) is 4.79 Å². The lowest BCUT2D eigenvalue weighted by molar-refractivity contribution is 0.0517. The molecule has 0 heterocycles. The lowest BCUT2D eigenvalue weighted by Crippen LogP contribution is -2.41. The van der Waals surface area contributed by atoms with Crippen LogP contribution in [-0.4, -0.2) is 42.5 Å². The minimum Gasteiger partial charge on any atom is -0.444 e. The molecule has 1 rings (SSSR count). The molecule has 0 saturated heterocycles. The largest absolute Gasteiger partial charge is 0.444 e. The van der Waals surface area contributed by atoms with E-state index in [1.54, 1.807) is 0 Å². The Morgan fingerprint density at radius 2 is 2.11 bits per heavy atom. The van der Waals surface area contributed by atoms with Crippen LogP contribution in [0.2, 0.25) is 0 Å². The normalized spacial score (nSPS) is 23.4. The summed E-state index contributed by atoms with van der Waals surface area (Å²) in [6.45, 7) is 7.31. The smallest absolute Gasteiger partial charge is 0.407 e. The Morgan fingerprint density at radius 1 is 1.37 bits per heavy atom. The van der Waals surface area contributed by atoms with E-state index in [0.717, 1.165) is 25.8 Å². The molecule has 0 aliphatic heterocycles. The molecule has 19 heavy (non-hydrogen) atoms. The van der Waals surface area contributed by atoms with E-state index in [2.05, 4.69) is 10.6 Å². The fourth-order valence-electron chi connectivity index (χ4n) is 2.45. The Hall–Kier alpha value is -0.810. The van der Waals surface area contributed by atoms with Crippen molar-refractivity contribution in [3.63, 3.8) is 0 Å². The lowest BCUT2D eigenvalue weighted by Gasteiger charge is -2.23. The number of carbonyl (C=O) groups is 1. The maximum absolute atomic E-state index is 11.6. The molecule has 0 radical (unpaired) electrons. The molecule has 5 heteroatoms. The molecule has 1 fully saturated rings. The second-order valence-electron chi connectivity index (χ2n) is 6.21. The first kappa shape index (κ1) is 16.2. The summed E-state index contributed by atoms with van der Waals surface area (Å²) in [5.74, 6) is 0.464. The minimum atomic E-state index is -0.446. The topological polar surface area (TPSA) is 70.6 Å². The van der Waals surface area contributed by atoms with Gasteiger partial charge in [-0.3, -0.25) is 0 Å². The van der Waals surface area contributed by atoms with Crippen molar-refractivity contribution in [2.45, 2.75) is 58.1 Å². The molecule has 2 unspecified atom stereocenters. The lowest BCUT2D eigenvalue weighted by atomic mass is 10.0. The first-order chi connectivity index (χ1) is 8.92. The number of nitrogens with one attached hydrogen (secondary N) is 2. The molecule has 1 aliphatic carbocycles. The zero-order valence-electron chi connectivity index (χ0n) is 12.4. The average molecular weight is 272 g/mol. The van der Waals surface area contributed by atoms with Crippen LogP contribution in [0.4, 0.5) is 4.79 Å². The van der Waals surface area contributed by atoms with E-state index in [1.165, 1.54) is 6.42 Å². The number of aliphatic hydroxyl groups is 1. The van der Waals surface area contributed by atoms with Gasteiger partial charge >= 0.3 is 6.09 Å². The van der Waals surface area contributed by atoms with Crippen LogP contribution in [0.1, 0.15) is 46.5 Å². The summed E-state index contributed by atoms with van der Waals surface area (Å²) in [6.07, 6.45) is 3.91. The summed E-state index contributed by atoms with van der Waals surface area (Å²) in [4.78, 5) is 11.6. The highest BCUT2D eigenvalue weighted by molar-refractivity contribution is 5.67. The monoisotopic (exact) mass is 272 g/mol. The highest BCUT2D eigenvalue weighted by Gasteiger charge is 2.27. The maximum Gasteiger partial charge on any atom is 0.407 e. The third-order valence-electron chi connectivity index (χ3n) is 3.31. The molecule has 0 aromatic rings. The number of hydrogen-bond acceptors (Lipinski definition) is 4. The van der Waals surface area contributed by atoms with Crippen LogP contribution in [0.5, 0.6) is 0 Å². The molecule has 3 N–H and O–H groups in total. The van der Waals surface area contributed by atoms with Crippen molar-refractivity contribution in [2.24, 2.45) is 5.92 Å². The van der Waals surface area contributed by atoms with Gasteiger partial charge in [0.25, 0.3) is 0 Å². The van der Waals surface area contributed by atoms with E-state index in [0.29, 0.717) is 18.5 Å². The van der Waals surface area contributed by atoms with Gasteiger partial charge in [-0.25, -0.2) is 4.79 Å². The van der Waals surface area contributed by atoms with Gasteiger partial charge in [-0.05, 0) is 52.5 Å². The molecule has 1 aliphatic rings. The summed E-state index contributed by atoms with van der Waals surface area (Å²) in [5.41, 5.74) is -0.446. The van der Waals surface area contributed by atoms with Crippen LogP contribution in [0.15, 0.2) is 0 Å². The number of carbonyl (C=O) groups excluding carboxylic acids is 1. The van der Waals surface area contributed by atoms with Gasteiger partial charge in [0.15, 0.2) is 0 Å². The number of rotatable bonds is 6. The Labute approximate surface area is 116 Å². The number of hydrogen-bond donors (Lipinski definition) is 3. The second kappa shape index (κ2) is 7.70. The molecule has 0 aromatic heterocycles. The number of amides is 1. The maximum atomic E-state index is 11.6. The van der Waals surface area contributed by atoms with Crippen molar-refractivity contribution >= 4 is 6.09 Å². The highest BCUT2D eigenvalue weighted by atomic mass is 16.6. The second-order valence-corrected chi connectivity index (χ2v) is 6.21. The summed E-state index contributed by atoms with van der Waals surface area (Å²) in [7, 11) is 0. The minimum absolute atomic E-state index is 0.223. The molecule has 112 valence electrons. The molecule has 5 nitrogen and oxygen atoms in total. The predicted molar refractivity (Wildman–Crippen MR) is 75.1 cm³/mol.